The Morgan fingerprint density at radius 1 is 1.03 bits per heavy atom. The zero-order chi connectivity index (χ0) is 26.9. The number of amides is 2. The number of urea groups is 1. The third kappa shape index (κ3) is 7.43. The molecule has 4 rings (SSSR count). The van der Waals surface area contributed by atoms with E-state index in [1.807, 2.05) is 73.7 Å². The number of hydrogen-bond donors (Lipinski definition) is 1. The van der Waals surface area contributed by atoms with Crippen molar-refractivity contribution in [2.75, 3.05) is 11.9 Å². The molecule has 4 aromatic rings. The van der Waals surface area contributed by atoms with Crippen LogP contribution in [0.15, 0.2) is 101 Å². The number of benzene rings is 3. The van der Waals surface area contributed by atoms with E-state index in [1.54, 1.807) is 23.2 Å². The van der Waals surface area contributed by atoms with Crippen LogP contribution in [0.3, 0.4) is 0 Å². The summed E-state index contributed by atoms with van der Waals surface area (Å²) in [5.74, 6) is 0. The van der Waals surface area contributed by atoms with Gasteiger partial charge in [-0.3, -0.25) is 15.1 Å². The van der Waals surface area contributed by atoms with Crippen LogP contribution in [-0.4, -0.2) is 27.4 Å². The quantitative estimate of drug-likeness (QED) is 0.173. The van der Waals surface area contributed by atoms with E-state index in [0.717, 1.165) is 27.5 Å². The summed E-state index contributed by atoms with van der Waals surface area (Å²) in [6.45, 7) is 4.71. The van der Waals surface area contributed by atoms with Gasteiger partial charge in [-0.15, -0.1) is 0 Å². The van der Waals surface area contributed by atoms with Crippen molar-refractivity contribution in [2.45, 2.75) is 43.0 Å². The molecule has 0 atom stereocenters. The van der Waals surface area contributed by atoms with E-state index in [2.05, 4.69) is 17.2 Å². The lowest BCUT2D eigenvalue weighted by Crippen LogP contribution is -2.36. The first-order valence-corrected chi connectivity index (χ1v) is 13.3. The van der Waals surface area contributed by atoms with Gasteiger partial charge in [0.25, 0.3) is 5.69 Å². The summed E-state index contributed by atoms with van der Waals surface area (Å²) in [5.41, 5.74) is 4.61. The second-order valence-corrected chi connectivity index (χ2v) is 10.1. The van der Waals surface area contributed by atoms with Crippen LogP contribution in [0, 0.1) is 17.0 Å². The van der Waals surface area contributed by atoms with Gasteiger partial charge in [-0.2, -0.15) is 0 Å². The van der Waals surface area contributed by atoms with Gasteiger partial charge in [0, 0.05) is 59.0 Å². The SMILES string of the molecule is CCc1ccc(NC(=O)N(CCc2ccccn2)Cc2cc([N+](=O)[O-])ccc2Sc2ccc(C)cc2)cc1. The molecule has 0 saturated heterocycles. The standard InChI is InChI=1S/C30H30N4O3S/c1-3-23-9-11-26(12-10-23)32-30(35)33(19-17-25-6-4-5-18-31-25)21-24-20-27(34(36)37)13-16-29(24)38-28-14-7-22(2)8-15-28/h4-16,18,20H,3,17,19,21H2,1-2H3,(H,32,35). The predicted molar refractivity (Wildman–Crippen MR) is 152 cm³/mol. The Morgan fingerprint density at radius 2 is 1.79 bits per heavy atom. The number of aromatic nitrogens is 1. The number of nitrogens with one attached hydrogen (secondary N) is 1. The molecule has 0 saturated carbocycles. The molecule has 1 heterocycles. The van der Waals surface area contributed by atoms with Crippen molar-refractivity contribution in [1.82, 2.24) is 9.88 Å². The van der Waals surface area contributed by atoms with E-state index in [4.69, 9.17) is 0 Å². The summed E-state index contributed by atoms with van der Waals surface area (Å²) in [5, 5.41) is 14.6. The maximum Gasteiger partial charge on any atom is 0.322 e. The zero-order valence-corrected chi connectivity index (χ0v) is 22.3. The molecule has 0 spiro atoms. The maximum atomic E-state index is 13.5. The van der Waals surface area contributed by atoms with E-state index in [0.29, 0.717) is 24.2 Å². The number of carbonyl (C=O) groups is 1. The number of nitro groups is 1. The highest BCUT2D eigenvalue weighted by Crippen LogP contribution is 2.33. The number of nitrogens with zero attached hydrogens (tertiary/aromatic N) is 3. The summed E-state index contributed by atoms with van der Waals surface area (Å²) in [4.78, 5) is 32.6. The average Bonchev–Trinajstić information content (AvgIpc) is 2.93. The molecule has 0 unspecified atom stereocenters. The normalized spacial score (nSPS) is 10.7. The third-order valence-corrected chi connectivity index (χ3v) is 7.26. The van der Waals surface area contributed by atoms with Gasteiger partial charge in [-0.1, -0.05) is 54.6 Å². The average molecular weight is 527 g/mol. The van der Waals surface area contributed by atoms with E-state index in [1.165, 1.54) is 23.4 Å². The fraction of sp³-hybridized carbons (Fsp3) is 0.200. The van der Waals surface area contributed by atoms with Crippen molar-refractivity contribution in [3.63, 3.8) is 0 Å². The molecule has 8 heteroatoms. The smallest absolute Gasteiger partial charge is 0.320 e. The minimum atomic E-state index is -0.405. The molecule has 7 nitrogen and oxygen atoms in total. The molecular formula is C30H30N4O3S. The van der Waals surface area contributed by atoms with Crippen LogP contribution in [0.25, 0.3) is 0 Å². The molecule has 2 amide bonds. The second-order valence-electron chi connectivity index (χ2n) is 8.94. The van der Waals surface area contributed by atoms with Gasteiger partial charge >= 0.3 is 6.03 Å². The van der Waals surface area contributed by atoms with Crippen LogP contribution in [-0.2, 0) is 19.4 Å². The van der Waals surface area contributed by atoms with Gasteiger partial charge in [0.1, 0.15) is 0 Å². The molecular weight excluding hydrogens is 496 g/mol. The van der Waals surface area contributed by atoms with Gasteiger partial charge in [-0.25, -0.2) is 4.79 Å². The van der Waals surface area contributed by atoms with E-state index in [9.17, 15) is 14.9 Å². The Morgan fingerprint density at radius 3 is 2.45 bits per heavy atom. The number of anilines is 1. The first kappa shape index (κ1) is 26.9. The highest BCUT2D eigenvalue weighted by atomic mass is 32.2. The van der Waals surface area contributed by atoms with Gasteiger partial charge in [0.15, 0.2) is 0 Å². The minimum Gasteiger partial charge on any atom is -0.320 e. The van der Waals surface area contributed by atoms with Crippen LogP contribution in [0.2, 0.25) is 0 Å². The maximum absolute atomic E-state index is 13.5. The Kier molecular flexibility index (Phi) is 9.11. The summed E-state index contributed by atoms with van der Waals surface area (Å²) >= 11 is 1.53. The summed E-state index contributed by atoms with van der Waals surface area (Å²) in [7, 11) is 0. The van der Waals surface area contributed by atoms with E-state index in [-0.39, 0.29) is 18.3 Å². The summed E-state index contributed by atoms with van der Waals surface area (Å²) in [6.07, 6.45) is 3.20. The first-order valence-electron chi connectivity index (χ1n) is 12.5. The molecule has 0 aliphatic rings. The highest BCUT2D eigenvalue weighted by Gasteiger charge is 2.19. The molecule has 0 aliphatic carbocycles. The van der Waals surface area contributed by atoms with E-state index < -0.39 is 4.92 Å². The largest absolute Gasteiger partial charge is 0.322 e. The zero-order valence-electron chi connectivity index (χ0n) is 21.5. The third-order valence-electron chi connectivity index (χ3n) is 6.13. The van der Waals surface area contributed by atoms with E-state index >= 15 is 0 Å². The van der Waals surface area contributed by atoms with Crippen molar-refractivity contribution < 1.29 is 9.72 Å². The molecule has 0 radical (unpaired) electrons. The molecule has 38 heavy (non-hydrogen) atoms. The molecule has 3 aromatic carbocycles. The van der Waals surface area contributed by atoms with Crippen molar-refractivity contribution in [1.29, 1.82) is 0 Å². The number of non-ortho nitro benzene ring substituents is 1. The fourth-order valence-electron chi connectivity index (χ4n) is 3.92. The van der Waals surface area contributed by atoms with Gasteiger partial charge in [-0.05, 0) is 66.9 Å². The Labute approximate surface area is 227 Å². The monoisotopic (exact) mass is 526 g/mol. The lowest BCUT2D eigenvalue weighted by molar-refractivity contribution is -0.385. The molecule has 0 aliphatic heterocycles. The summed E-state index contributed by atoms with van der Waals surface area (Å²) in [6, 6.07) is 26.1. The first-order chi connectivity index (χ1) is 18.4. The summed E-state index contributed by atoms with van der Waals surface area (Å²) < 4.78 is 0. The second kappa shape index (κ2) is 12.9. The molecule has 0 bridgehead atoms. The van der Waals surface area contributed by atoms with Crippen LogP contribution in [0.4, 0.5) is 16.2 Å². The minimum absolute atomic E-state index is 0.00602. The van der Waals surface area contributed by atoms with Crippen molar-refractivity contribution in [2.24, 2.45) is 0 Å². The molecule has 1 aromatic heterocycles. The number of aryl methyl sites for hydroxylation is 2. The molecule has 1 N–H and O–H groups in total. The van der Waals surface area contributed by atoms with Crippen molar-refractivity contribution >= 4 is 29.2 Å². The molecule has 0 fully saturated rings. The van der Waals surface area contributed by atoms with Gasteiger partial charge in [0.2, 0.25) is 0 Å². The predicted octanol–water partition coefficient (Wildman–Crippen LogP) is 7.29. The Bertz CT molecular complexity index is 1380. The highest BCUT2D eigenvalue weighted by molar-refractivity contribution is 7.99. The van der Waals surface area contributed by atoms with Crippen LogP contribution in [0.1, 0.15) is 29.3 Å². The van der Waals surface area contributed by atoms with Crippen LogP contribution >= 0.6 is 11.8 Å². The number of rotatable bonds is 10. The number of carbonyl (C=O) groups excluding carboxylic acids is 1. The Balaban J connectivity index is 1.62. The lowest BCUT2D eigenvalue weighted by Gasteiger charge is -2.24. The van der Waals surface area contributed by atoms with Gasteiger partial charge < -0.3 is 10.2 Å². The number of nitro benzene ring substituents is 1. The van der Waals surface area contributed by atoms with Crippen LogP contribution < -0.4 is 5.32 Å². The lowest BCUT2D eigenvalue weighted by atomic mass is 10.1. The van der Waals surface area contributed by atoms with Gasteiger partial charge in [0.05, 0.1) is 4.92 Å². The van der Waals surface area contributed by atoms with Crippen molar-refractivity contribution in [3.05, 3.63) is 124 Å². The number of hydrogen-bond acceptors (Lipinski definition) is 5. The Hall–Kier alpha value is -4.17. The number of pyridine rings is 1. The van der Waals surface area contributed by atoms with Crippen molar-refractivity contribution in [3.8, 4) is 0 Å². The molecule has 194 valence electrons. The fourth-order valence-corrected chi connectivity index (χ4v) is 4.83. The van der Waals surface area contributed by atoms with Crippen LogP contribution in [0.5, 0.6) is 0 Å². The topological polar surface area (TPSA) is 88.4 Å².